The Morgan fingerprint density at radius 2 is 2.00 bits per heavy atom. The van der Waals surface area contributed by atoms with Crippen LogP contribution in [0.5, 0.6) is 5.75 Å². The van der Waals surface area contributed by atoms with Crippen LogP contribution in [0.2, 0.25) is 0 Å². The molecule has 96 valence electrons. The topological polar surface area (TPSA) is 35.5 Å². The maximum atomic E-state index is 12.5. The van der Waals surface area contributed by atoms with Crippen molar-refractivity contribution in [3.05, 3.63) is 29.3 Å². The van der Waals surface area contributed by atoms with Crippen LogP contribution in [0.15, 0.2) is 18.2 Å². The highest BCUT2D eigenvalue weighted by Gasteiger charge is 2.27. The minimum absolute atomic E-state index is 0.107. The summed E-state index contributed by atoms with van der Waals surface area (Å²) in [5, 5.41) is 0. The van der Waals surface area contributed by atoms with E-state index >= 15 is 0 Å². The lowest BCUT2D eigenvalue weighted by Crippen LogP contribution is -2.24. The Labute approximate surface area is 107 Å². The predicted octanol–water partition coefficient (Wildman–Crippen LogP) is 2.62. The van der Waals surface area contributed by atoms with Gasteiger partial charge in [0.25, 0.3) is 0 Å². The van der Waals surface area contributed by atoms with E-state index in [1.165, 1.54) is 5.56 Å². The molecular weight excluding hydrogens is 228 g/mol. The van der Waals surface area contributed by atoms with Crippen molar-refractivity contribution in [1.82, 2.24) is 0 Å². The lowest BCUT2D eigenvalue weighted by atomic mass is 9.89. The fourth-order valence-electron chi connectivity index (χ4n) is 2.76. The van der Waals surface area contributed by atoms with Gasteiger partial charge in [0, 0.05) is 19.1 Å². The van der Waals surface area contributed by atoms with E-state index in [0.29, 0.717) is 13.2 Å². The number of hydrogen-bond donors (Lipinski definition) is 0. The molecule has 1 fully saturated rings. The molecule has 1 saturated heterocycles. The highest BCUT2D eigenvalue weighted by atomic mass is 16.5. The van der Waals surface area contributed by atoms with Crippen molar-refractivity contribution in [2.75, 3.05) is 19.8 Å². The van der Waals surface area contributed by atoms with E-state index in [2.05, 4.69) is 6.07 Å². The van der Waals surface area contributed by atoms with E-state index in [4.69, 9.17) is 9.47 Å². The molecule has 0 atom stereocenters. The van der Waals surface area contributed by atoms with Crippen LogP contribution >= 0.6 is 0 Å². The normalized spacial score (nSPS) is 20.0. The van der Waals surface area contributed by atoms with Crippen LogP contribution in [0, 0.1) is 5.92 Å². The smallest absolute Gasteiger partial charge is 0.169 e. The molecule has 0 radical (unpaired) electrons. The molecule has 0 unspecified atom stereocenters. The molecule has 2 heterocycles. The number of carbonyl (C=O) groups excluding carboxylic acids is 1. The van der Waals surface area contributed by atoms with Gasteiger partial charge in [0.15, 0.2) is 5.78 Å². The van der Waals surface area contributed by atoms with Crippen molar-refractivity contribution < 1.29 is 14.3 Å². The molecule has 18 heavy (non-hydrogen) atoms. The standard InChI is InChI=1S/C15H18O3/c16-14(11-6-9-17-10-7-11)13-5-1-3-12-4-2-8-18-15(12)13/h1,3,5,11H,2,4,6-10H2. The Bertz CT molecular complexity index is 447. The number of hydrogen-bond acceptors (Lipinski definition) is 3. The Hall–Kier alpha value is -1.35. The average Bonchev–Trinajstić information content (AvgIpc) is 2.47. The first-order chi connectivity index (χ1) is 8.86. The number of aryl methyl sites for hydroxylation is 1. The summed E-state index contributed by atoms with van der Waals surface area (Å²) in [6.07, 6.45) is 3.73. The van der Waals surface area contributed by atoms with Crippen LogP contribution in [0.3, 0.4) is 0 Å². The van der Waals surface area contributed by atoms with Crippen molar-refractivity contribution in [2.45, 2.75) is 25.7 Å². The minimum atomic E-state index is 0.107. The van der Waals surface area contributed by atoms with Gasteiger partial charge in [0.1, 0.15) is 5.75 Å². The minimum Gasteiger partial charge on any atom is -0.493 e. The van der Waals surface area contributed by atoms with Gasteiger partial charge in [-0.3, -0.25) is 4.79 Å². The molecule has 0 aliphatic carbocycles. The van der Waals surface area contributed by atoms with Crippen LogP contribution in [-0.4, -0.2) is 25.6 Å². The van der Waals surface area contributed by atoms with Crippen molar-refractivity contribution >= 4 is 5.78 Å². The van der Waals surface area contributed by atoms with Crippen LogP contribution in [0.4, 0.5) is 0 Å². The van der Waals surface area contributed by atoms with E-state index in [0.717, 1.165) is 43.6 Å². The molecule has 0 N–H and O–H groups in total. The maximum absolute atomic E-state index is 12.5. The average molecular weight is 246 g/mol. The van der Waals surface area contributed by atoms with Gasteiger partial charge in [-0.05, 0) is 37.3 Å². The highest BCUT2D eigenvalue weighted by Crippen LogP contribution is 2.32. The van der Waals surface area contributed by atoms with Crippen LogP contribution in [0.1, 0.15) is 35.2 Å². The fraction of sp³-hybridized carbons (Fsp3) is 0.533. The summed E-state index contributed by atoms with van der Waals surface area (Å²) in [4.78, 5) is 12.5. The number of ether oxygens (including phenoxy) is 2. The number of Topliss-reactive ketones (excluding diaryl/α,β-unsaturated/α-hetero) is 1. The molecule has 0 spiro atoms. The number of benzene rings is 1. The molecule has 0 bridgehead atoms. The second kappa shape index (κ2) is 5.11. The Morgan fingerprint density at radius 3 is 2.83 bits per heavy atom. The Balaban J connectivity index is 1.89. The summed E-state index contributed by atoms with van der Waals surface area (Å²) in [5.41, 5.74) is 1.96. The third kappa shape index (κ3) is 2.15. The SMILES string of the molecule is O=C(c1cccc2c1OCCC2)C1CCOCC1. The Kier molecular flexibility index (Phi) is 3.33. The number of carbonyl (C=O) groups is 1. The first kappa shape index (κ1) is 11.7. The third-order valence-electron chi connectivity index (χ3n) is 3.79. The van der Waals surface area contributed by atoms with Gasteiger partial charge in [0.2, 0.25) is 0 Å². The molecule has 2 aliphatic rings. The molecular formula is C15H18O3. The predicted molar refractivity (Wildman–Crippen MR) is 68.1 cm³/mol. The zero-order chi connectivity index (χ0) is 12.4. The fourth-order valence-corrected chi connectivity index (χ4v) is 2.76. The summed E-state index contributed by atoms with van der Waals surface area (Å²) in [6, 6.07) is 5.94. The molecule has 0 amide bonds. The number of para-hydroxylation sites is 1. The van der Waals surface area contributed by atoms with Gasteiger partial charge in [-0.25, -0.2) is 0 Å². The van der Waals surface area contributed by atoms with Gasteiger partial charge in [-0.15, -0.1) is 0 Å². The van der Waals surface area contributed by atoms with Crippen molar-refractivity contribution in [3.8, 4) is 5.75 Å². The monoisotopic (exact) mass is 246 g/mol. The lowest BCUT2D eigenvalue weighted by Gasteiger charge is -2.24. The van der Waals surface area contributed by atoms with Crippen molar-refractivity contribution in [2.24, 2.45) is 5.92 Å². The van der Waals surface area contributed by atoms with E-state index in [1.54, 1.807) is 0 Å². The summed E-state index contributed by atoms with van der Waals surface area (Å²) >= 11 is 0. The molecule has 3 rings (SSSR count). The number of ketones is 1. The molecule has 1 aromatic rings. The van der Waals surface area contributed by atoms with Gasteiger partial charge in [-0.1, -0.05) is 12.1 Å². The van der Waals surface area contributed by atoms with E-state index < -0.39 is 0 Å². The van der Waals surface area contributed by atoms with Crippen LogP contribution < -0.4 is 4.74 Å². The second-order valence-electron chi connectivity index (χ2n) is 5.00. The second-order valence-corrected chi connectivity index (χ2v) is 5.00. The summed E-state index contributed by atoms with van der Waals surface area (Å²) in [7, 11) is 0. The molecule has 0 aromatic heterocycles. The molecule has 2 aliphatic heterocycles. The quantitative estimate of drug-likeness (QED) is 0.752. The first-order valence-corrected chi connectivity index (χ1v) is 6.73. The first-order valence-electron chi connectivity index (χ1n) is 6.73. The summed E-state index contributed by atoms with van der Waals surface area (Å²) < 4.78 is 11.0. The van der Waals surface area contributed by atoms with Gasteiger partial charge < -0.3 is 9.47 Å². The van der Waals surface area contributed by atoms with Crippen molar-refractivity contribution in [3.63, 3.8) is 0 Å². The molecule has 0 saturated carbocycles. The zero-order valence-corrected chi connectivity index (χ0v) is 10.5. The molecule has 3 heteroatoms. The summed E-state index contributed by atoms with van der Waals surface area (Å²) in [5.74, 6) is 1.17. The number of fused-ring (bicyclic) bond motifs is 1. The van der Waals surface area contributed by atoms with E-state index in [-0.39, 0.29) is 11.7 Å². The number of rotatable bonds is 2. The van der Waals surface area contributed by atoms with Crippen LogP contribution in [-0.2, 0) is 11.2 Å². The van der Waals surface area contributed by atoms with Gasteiger partial charge in [-0.2, -0.15) is 0 Å². The molecule has 3 nitrogen and oxygen atoms in total. The summed E-state index contributed by atoms with van der Waals surface area (Å²) in [6.45, 7) is 2.13. The van der Waals surface area contributed by atoms with E-state index in [9.17, 15) is 4.79 Å². The largest absolute Gasteiger partial charge is 0.493 e. The maximum Gasteiger partial charge on any atom is 0.169 e. The molecule has 1 aromatic carbocycles. The lowest BCUT2D eigenvalue weighted by molar-refractivity contribution is 0.0542. The van der Waals surface area contributed by atoms with Crippen LogP contribution in [0.25, 0.3) is 0 Å². The van der Waals surface area contributed by atoms with E-state index in [1.807, 2.05) is 12.1 Å². The van der Waals surface area contributed by atoms with Gasteiger partial charge in [0.05, 0.1) is 12.2 Å². The highest BCUT2D eigenvalue weighted by molar-refractivity contribution is 6.00. The third-order valence-corrected chi connectivity index (χ3v) is 3.79. The van der Waals surface area contributed by atoms with Crippen molar-refractivity contribution in [1.29, 1.82) is 0 Å². The Morgan fingerprint density at radius 1 is 1.17 bits per heavy atom. The zero-order valence-electron chi connectivity index (χ0n) is 10.5. The van der Waals surface area contributed by atoms with Gasteiger partial charge >= 0.3 is 0 Å².